The third-order valence-electron chi connectivity index (χ3n) is 5.08. The smallest absolute Gasteiger partial charge is 0.410 e. The summed E-state index contributed by atoms with van der Waals surface area (Å²) >= 11 is 0. The predicted octanol–water partition coefficient (Wildman–Crippen LogP) is 4.72. The number of carbonyl (C=O) groups excluding carboxylic acids is 1. The van der Waals surface area contributed by atoms with E-state index in [2.05, 4.69) is 0 Å². The summed E-state index contributed by atoms with van der Waals surface area (Å²) in [5, 5.41) is 10.1. The number of benzene rings is 1. The van der Waals surface area contributed by atoms with E-state index in [0.29, 0.717) is 36.8 Å². The Balaban J connectivity index is 1.87. The topological polar surface area (TPSA) is 71.8 Å². The standard InChI is InChI=1S/C21H26F2N2O4/c1-21(2,3)29-20(28)24-9-7-13(8-10-24)15-6-4-5-14-11-16(19(26)27)25(18(14)15)12-17(22)23/h4-6,11,13,17H,7-10,12H2,1-3H3,(H,26,27). The lowest BCUT2D eigenvalue weighted by atomic mass is 9.88. The number of fused-ring (bicyclic) bond motifs is 1. The molecule has 0 unspecified atom stereocenters. The number of hydrogen-bond acceptors (Lipinski definition) is 3. The molecule has 1 fully saturated rings. The number of aromatic carboxylic acids is 1. The first-order chi connectivity index (χ1) is 13.6. The molecule has 1 aromatic heterocycles. The summed E-state index contributed by atoms with van der Waals surface area (Å²) in [4.78, 5) is 25.5. The van der Waals surface area contributed by atoms with Crippen molar-refractivity contribution in [3.05, 3.63) is 35.5 Å². The van der Waals surface area contributed by atoms with Gasteiger partial charge in [0.1, 0.15) is 11.3 Å². The number of nitrogens with zero attached hydrogens (tertiary/aromatic N) is 2. The molecule has 2 aromatic rings. The van der Waals surface area contributed by atoms with Crippen LogP contribution in [0.25, 0.3) is 10.9 Å². The number of halogens is 2. The van der Waals surface area contributed by atoms with Gasteiger partial charge in [0.15, 0.2) is 0 Å². The highest BCUT2D eigenvalue weighted by Gasteiger charge is 2.29. The van der Waals surface area contributed by atoms with Crippen molar-refractivity contribution in [2.75, 3.05) is 13.1 Å². The molecule has 0 aliphatic carbocycles. The summed E-state index contributed by atoms with van der Waals surface area (Å²) in [6, 6.07) is 6.86. The minimum absolute atomic E-state index is 0.0466. The molecule has 0 bridgehead atoms. The average Bonchev–Trinajstić information content (AvgIpc) is 2.99. The molecule has 1 saturated heterocycles. The number of hydrogen-bond donors (Lipinski definition) is 1. The zero-order valence-corrected chi connectivity index (χ0v) is 16.8. The van der Waals surface area contributed by atoms with Crippen molar-refractivity contribution in [1.82, 2.24) is 9.47 Å². The number of carboxylic acids is 1. The number of rotatable bonds is 4. The normalized spacial score (nSPS) is 15.9. The van der Waals surface area contributed by atoms with Crippen molar-refractivity contribution in [1.29, 1.82) is 0 Å². The fraction of sp³-hybridized carbons (Fsp3) is 0.524. The number of carbonyl (C=O) groups is 2. The predicted molar refractivity (Wildman–Crippen MR) is 105 cm³/mol. The Kier molecular flexibility index (Phi) is 5.82. The van der Waals surface area contributed by atoms with Gasteiger partial charge in [0.25, 0.3) is 6.43 Å². The second-order valence-corrected chi connectivity index (χ2v) is 8.36. The highest BCUT2D eigenvalue weighted by molar-refractivity contribution is 5.96. The van der Waals surface area contributed by atoms with E-state index in [-0.39, 0.29) is 17.7 Å². The van der Waals surface area contributed by atoms with Crippen LogP contribution in [0.15, 0.2) is 24.3 Å². The van der Waals surface area contributed by atoms with Gasteiger partial charge in [-0.15, -0.1) is 0 Å². The van der Waals surface area contributed by atoms with Gasteiger partial charge in [-0.1, -0.05) is 18.2 Å². The Bertz CT molecular complexity index is 909. The van der Waals surface area contributed by atoms with Crippen LogP contribution in [0.3, 0.4) is 0 Å². The highest BCUT2D eigenvalue weighted by Crippen LogP contribution is 2.35. The van der Waals surface area contributed by atoms with Crippen molar-refractivity contribution >= 4 is 23.0 Å². The maximum atomic E-state index is 13.1. The van der Waals surface area contributed by atoms with Gasteiger partial charge in [-0.3, -0.25) is 0 Å². The summed E-state index contributed by atoms with van der Waals surface area (Å²) in [6.45, 7) is 5.77. The maximum Gasteiger partial charge on any atom is 0.410 e. The van der Waals surface area contributed by atoms with Crippen LogP contribution in [0.1, 0.15) is 55.6 Å². The van der Waals surface area contributed by atoms with Gasteiger partial charge in [-0.05, 0) is 51.2 Å². The van der Waals surface area contributed by atoms with E-state index in [1.54, 1.807) is 11.0 Å². The van der Waals surface area contributed by atoms with Crippen LogP contribution < -0.4 is 0 Å². The molecular formula is C21H26F2N2O4. The average molecular weight is 408 g/mol. The number of alkyl halides is 2. The van der Waals surface area contributed by atoms with Crippen LogP contribution in [0.4, 0.5) is 13.6 Å². The van der Waals surface area contributed by atoms with Crippen molar-refractivity contribution < 1.29 is 28.2 Å². The largest absolute Gasteiger partial charge is 0.477 e. The van der Waals surface area contributed by atoms with E-state index in [0.717, 1.165) is 5.56 Å². The van der Waals surface area contributed by atoms with Crippen LogP contribution in [0.5, 0.6) is 0 Å². The molecule has 1 N–H and O–H groups in total. The van der Waals surface area contributed by atoms with Crippen LogP contribution in [0.2, 0.25) is 0 Å². The molecule has 29 heavy (non-hydrogen) atoms. The van der Waals surface area contributed by atoms with E-state index < -0.39 is 24.5 Å². The second-order valence-electron chi connectivity index (χ2n) is 8.36. The van der Waals surface area contributed by atoms with E-state index in [4.69, 9.17) is 4.74 Å². The number of likely N-dealkylation sites (tertiary alicyclic amines) is 1. The number of para-hydroxylation sites is 1. The van der Waals surface area contributed by atoms with Gasteiger partial charge >= 0.3 is 12.1 Å². The summed E-state index contributed by atoms with van der Waals surface area (Å²) in [6.07, 6.45) is -1.71. The van der Waals surface area contributed by atoms with Gasteiger partial charge in [-0.2, -0.15) is 0 Å². The van der Waals surface area contributed by atoms with Gasteiger partial charge in [0.2, 0.25) is 0 Å². The van der Waals surface area contributed by atoms with E-state index in [1.165, 1.54) is 10.6 Å². The summed E-state index contributed by atoms with van der Waals surface area (Å²) in [7, 11) is 0. The molecule has 1 aliphatic heterocycles. The van der Waals surface area contributed by atoms with Crippen molar-refractivity contribution in [2.45, 2.75) is 58.1 Å². The SMILES string of the molecule is CC(C)(C)OC(=O)N1CCC(c2cccc3cc(C(=O)O)n(CC(F)F)c23)CC1. The highest BCUT2D eigenvalue weighted by atomic mass is 19.3. The first-order valence-corrected chi connectivity index (χ1v) is 9.68. The molecule has 3 rings (SSSR count). The van der Waals surface area contributed by atoms with Crippen LogP contribution in [0, 0.1) is 0 Å². The number of ether oxygens (including phenoxy) is 1. The number of piperidine rings is 1. The molecule has 6 nitrogen and oxygen atoms in total. The lowest BCUT2D eigenvalue weighted by molar-refractivity contribution is 0.0204. The first-order valence-electron chi connectivity index (χ1n) is 9.68. The third-order valence-corrected chi connectivity index (χ3v) is 5.08. The van der Waals surface area contributed by atoms with Gasteiger partial charge in [0.05, 0.1) is 12.1 Å². The zero-order valence-electron chi connectivity index (χ0n) is 16.8. The fourth-order valence-electron chi connectivity index (χ4n) is 3.89. The van der Waals surface area contributed by atoms with E-state index in [9.17, 15) is 23.5 Å². The minimum Gasteiger partial charge on any atom is -0.477 e. The monoisotopic (exact) mass is 408 g/mol. The molecule has 1 aliphatic rings. The Morgan fingerprint density at radius 1 is 1.24 bits per heavy atom. The number of aromatic nitrogens is 1. The third kappa shape index (κ3) is 4.68. The van der Waals surface area contributed by atoms with Crippen molar-refractivity contribution in [3.63, 3.8) is 0 Å². The fourth-order valence-corrected chi connectivity index (χ4v) is 3.89. The Labute approximate surface area is 168 Å². The molecular weight excluding hydrogens is 382 g/mol. The van der Waals surface area contributed by atoms with E-state index >= 15 is 0 Å². The number of carboxylic acid groups (broad SMARTS) is 1. The lowest BCUT2D eigenvalue weighted by Crippen LogP contribution is -2.41. The molecule has 158 valence electrons. The van der Waals surface area contributed by atoms with Gasteiger partial charge < -0.3 is 19.3 Å². The molecule has 1 aromatic carbocycles. The summed E-state index contributed by atoms with van der Waals surface area (Å²) < 4.78 is 32.9. The number of amides is 1. The summed E-state index contributed by atoms with van der Waals surface area (Å²) in [5.74, 6) is -1.18. The summed E-state index contributed by atoms with van der Waals surface area (Å²) in [5.41, 5.74) is 0.683. The molecule has 0 radical (unpaired) electrons. The quantitative estimate of drug-likeness (QED) is 0.795. The lowest BCUT2D eigenvalue weighted by Gasteiger charge is -2.34. The van der Waals surface area contributed by atoms with Gasteiger partial charge in [0, 0.05) is 18.5 Å². The van der Waals surface area contributed by atoms with Crippen molar-refractivity contribution in [2.24, 2.45) is 0 Å². The van der Waals surface area contributed by atoms with Gasteiger partial charge in [-0.25, -0.2) is 18.4 Å². The molecule has 2 heterocycles. The Morgan fingerprint density at radius 2 is 1.90 bits per heavy atom. The minimum atomic E-state index is -2.66. The molecule has 0 saturated carbocycles. The van der Waals surface area contributed by atoms with Crippen molar-refractivity contribution in [3.8, 4) is 0 Å². The second kappa shape index (κ2) is 8.00. The molecule has 0 atom stereocenters. The first kappa shape index (κ1) is 21.1. The Hall–Kier alpha value is -2.64. The molecule has 1 amide bonds. The van der Waals surface area contributed by atoms with Crippen LogP contribution >= 0.6 is 0 Å². The van der Waals surface area contributed by atoms with Crippen LogP contribution in [-0.2, 0) is 11.3 Å². The zero-order chi connectivity index (χ0) is 21.3. The molecule has 0 spiro atoms. The van der Waals surface area contributed by atoms with E-state index in [1.807, 2.05) is 32.9 Å². The Morgan fingerprint density at radius 3 is 2.45 bits per heavy atom. The molecule has 8 heteroatoms. The van der Waals surface area contributed by atoms with Crippen LogP contribution in [-0.4, -0.2) is 51.8 Å². The maximum absolute atomic E-state index is 13.1.